The number of rotatable bonds is 13. The normalized spacial score (nSPS) is 12.4. The molecule has 0 spiro atoms. The lowest BCUT2D eigenvalue weighted by Gasteiger charge is -2.30. The van der Waals surface area contributed by atoms with E-state index < -0.39 is 0 Å². The van der Waals surface area contributed by atoms with Gasteiger partial charge in [0.15, 0.2) is 5.58 Å². The number of pyridine rings is 1. The van der Waals surface area contributed by atoms with Gasteiger partial charge in [0.25, 0.3) is 0 Å². The van der Waals surface area contributed by atoms with Gasteiger partial charge in [0.1, 0.15) is 11.4 Å². The van der Waals surface area contributed by atoms with Crippen molar-refractivity contribution in [1.82, 2.24) is 4.98 Å². The third-order valence-electron chi connectivity index (χ3n) is 24.8. The number of fused-ring (bicyclic) bond motifs is 13. The molecule has 554 valence electrons. The molecule has 0 saturated heterocycles. The quantitative estimate of drug-likeness (QED) is 0.0846. The van der Waals surface area contributed by atoms with Crippen LogP contribution < -0.4 is 19.6 Å². The molecule has 6 nitrogen and oxygen atoms in total. The summed E-state index contributed by atoms with van der Waals surface area (Å²) >= 11 is 0. The Labute approximate surface area is 683 Å². The Morgan fingerprint density at radius 2 is 0.661 bits per heavy atom. The van der Waals surface area contributed by atoms with Crippen LogP contribution in [0.25, 0.3) is 141 Å². The molecular formula is C112H75N5O. The van der Waals surface area contributed by atoms with Crippen molar-refractivity contribution >= 4 is 187 Å². The maximum Gasteiger partial charge on any atom is 0.159 e. The minimum absolute atomic E-state index is 0.117. The zero-order chi connectivity index (χ0) is 78.1. The maximum atomic E-state index is 6.79. The monoisotopic (exact) mass is 1510 g/mol. The predicted molar refractivity (Wildman–Crippen MR) is 500 cm³/mol. The Morgan fingerprint density at radius 1 is 0.229 bits per heavy atom. The van der Waals surface area contributed by atoms with E-state index in [4.69, 9.17) is 9.40 Å². The molecule has 1 aliphatic carbocycles. The molecule has 0 amide bonds. The van der Waals surface area contributed by atoms with Gasteiger partial charge >= 0.3 is 0 Å². The minimum atomic E-state index is -0.117. The highest BCUT2D eigenvalue weighted by Gasteiger charge is 2.37. The smallest absolute Gasteiger partial charge is 0.159 e. The molecule has 118 heavy (non-hydrogen) atoms. The summed E-state index contributed by atoms with van der Waals surface area (Å²) in [6, 6.07) is 150. The summed E-state index contributed by atoms with van der Waals surface area (Å²) in [5.74, 6) is 0.881. The van der Waals surface area contributed by atoms with Crippen LogP contribution in [0.5, 0.6) is 0 Å². The van der Waals surface area contributed by atoms with Gasteiger partial charge in [-0.25, -0.2) is 4.98 Å². The van der Waals surface area contributed by atoms with Crippen molar-refractivity contribution in [3.05, 3.63) is 430 Å². The summed E-state index contributed by atoms with van der Waals surface area (Å²) in [4.78, 5) is 14.5. The Hall–Kier alpha value is -15.4. The third-order valence-corrected chi connectivity index (χ3v) is 24.8. The zero-order valence-corrected chi connectivity index (χ0v) is 65.0. The Kier molecular flexibility index (Phi) is 15.9. The van der Waals surface area contributed by atoms with E-state index in [0.717, 1.165) is 90.3 Å². The first-order valence-corrected chi connectivity index (χ1v) is 40.6. The fourth-order valence-corrected chi connectivity index (χ4v) is 19.5. The average molecular weight is 1510 g/mol. The second-order valence-electron chi connectivity index (χ2n) is 31.6. The molecular weight excluding hydrogens is 1430 g/mol. The first kappa shape index (κ1) is 68.2. The average Bonchev–Trinajstić information content (AvgIpc) is 0.943. The van der Waals surface area contributed by atoms with Gasteiger partial charge < -0.3 is 19.1 Å². The Bertz CT molecular complexity index is 7800. The molecule has 0 N–H and O–H groups in total. The number of anilines is 12. The number of para-hydroxylation sites is 5. The highest BCUT2D eigenvalue weighted by atomic mass is 16.3. The molecule has 0 atom stereocenters. The van der Waals surface area contributed by atoms with Crippen molar-refractivity contribution in [2.24, 2.45) is 0 Å². The van der Waals surface area contributed by atoms with Crippen molar-refractivity contribution in [2.45, 2.75) is 19.3 Å². The number of hydrogen-bond acceptors (Lipinski definition) is 6. The Morgan fingerprint density at radius 3 is 1.28 bits per heavy atom. The first-order valence-electron chi connectivity index (χ1n) is 40.6. The molecule has 2 heterocycles. The molecule has 0 aliphatic heterocycles. The summed E-state index contributed by atoms with van der Waals surface area (Å²) in [6.07, 6.45) is 1.87. The number of aromatic nitrogens is 1. The molecule has 24 rings (SSSR count). The SMILES string of the molecule is CC1(C)c2ccccc2-c2ccc(N(c3ccccc3)c3ccc4ccc5c(N(c6ccccc6)c6ccccn6)ccc6c7ccccc7c3c4c56)cc21.c1ccc(-c2ccc(N(c3ccc4c5ccccc5c5c(N(c6ccccc6)c6ccc7ccccc7c6)ccc6ccc3c4c65)c3cccc4c3oc3ccccc34)cc2)cc1. The van der Waals surface area contributed by atoms with Crippen molar-refractivity contribution in [3.8, 4) is 22.3 Å². The van der Waals surface area contributed by atoms with E-state index in [0.29, 0.717) is 0 Å². The van der Waals surface area contributed by atoms with E-state index in [-0.39, 0.29) is 5.41 Å². The molecule has 1 aliphatic rings. The summed E-state index contributed by atoms with van der Waals surface area (Å²) in [5, 5.41) is 24.4. The van der Waals surface area contributed by atoms with Crippen LogP contribution in [0.4, 0.5) is 68.4 Å². The van der Waals surface area contributed by atoms with Crippen LogP contribution in [0.1, 0.15) is 25.0 Å². The standard InChI is InChI=1S/C60H38N2O.C52H37N3/c1-3-14-39(15-4-1)41-26-31-45(32-27-41)62(55-24-13-23-51-48-21-11-12-25-56(48)63-60(51)55)53-37-35-50-47-20-9-10-22-49(47)59-54(36-30-42-29-34-52(53)58(50)57(42)59)61(44-18-5-2-6-19-44)46-33-28-40-16-7-8-17-43(40)38-46;1-52(2)44-22-12-11-20-39(44)40-28-26-37(33-45(40)52)54(35-15-5-3-6-16-35)47-30-25-34-24-27-43-46(55(36-17-7-4-8-18-36)48-23-13-14-32-53-48)31-29-42-38-19-9-10-21-41(38)51(47)49(34)50(42)43/h1-38H;3-33H,1-2H3. The van der Waals surface area contributed by atoms with Crippen molar-refractivity contribution in [2.75, 3.05) is 19.6 Å². The van der Waals surface area contributed by atoms with Crippen molar-refractivity contribution in [3.63, 3.8) is 0 Å². The summed E-state index contributed by atoms with van der Waals surface area (Å²) < 4.78 is 6.79. The topological polar surface area (TPSA) is 39.0 Å². The van der Waals surface area contributed by atoms with E-state index in [1.165, 1.54) is 130 Å². The highest BCUT2D eigenvalue weighted by Crippen LogP contribution is 2.56. The lowest BCUT2D eigenvalue weighted by Crippen LogP contribution is -2.16. The van der Waals surface area contributed by atoms with E-state index >= 15 is 0 Å². The molecule has 0 bridgehead atoms. The third kappa shape index (κ3) is 10.8. The highest BCUT2D eigenvalue weighted by molar-refractivity contribution is 6.39. The number of nitrogens with zero attached hydrogens (tertiary/aromatic N) is 5. The lowest BCUT2D eigenvalue weighted by atomic mass is 9.82. The van der Waals surface area contributed by atoms with Gasteiger partial charge in [0.05, 0.1) is 28.4 Å². The van der Waals surface area contributed by atoms with Crippen LogP contribution in [0.2, 0.25) is 0 Å². The van der Waals surface area contributed by atoms with Gasteiger partial charge in [-0.05, 0) is 209 Å². The van der Waals surface area contributed by atoms with Gasteiger partial charge in [-0.2, -0.15) is 0 Å². The van der Waals surface area contributed by atoms with Crippen LogP contribution in [0.3, 0.4) is 0 Å². The fraction of sp³-hybridized carbons (Fsp3) is 0.0268. The minimum Gasteiger partial charge on any atom is -0.454 e. The van der Waals surface area contributed by atoms with Crippen LogP contribution in [-0.2, 0) is 5.41 Å². The number of hydrogen-bond donors (Lipinski definition) is 0. The summed E-state index contributed by atoms with van der Waals surface area (Å²) in [6.45, 7) is 4.72. The van der Waals surface area contributed by atoms with Crippen molar-refractivity contribution < 1.29 is 4.42 Å². The van der Waals surface area contributed by atoms with Crippen LogP contribution >= 0.6 is 0 Å². The lowest BCUT2D eigenvalue weighted by molar-refractivity contribution is 0.660. The van der Waals surface area contributed by atoms with E-state index in [1.54, 1.807) is 0 Å². The second-order valence-corrected chi connectivity index (χ2v) is 31.6. The van der Waals surface area contributed by atoms with E-state index in [9.17, 15) is 0 Å². The fourth-order valence-electron chi connectivity index (χ4n) is 19.5. The van der Waals surface area contributed by atoms with E-state index in [2.05, 4.69) is 434 Å². The molecule has 21 aromatic carbocycles. The first-order chi connectivity index (χ1) is 58.3. The molecule has 2 aromatic heterocycles. The van der Waals surface area contributed by atoms with Crippen LogP contribution in [0.15, 0.2) is 423 Å². The van der Waals surface area contributed by atoms with Gasteiger partial charge in [0.2, 0.25) is 0 Å². The summed E-state index contributed by atoms with van der Waals surface area (Å²) in [7, 11) is 0. The maximum absolute atomic E-state index is 6.79. The predicted octanol–water partition coefficient (Wildman–Crippen LogP) is 31.8. The molecule has 0 saturated carbocycles. The molecule has 0 unspecified atom stereocenters. The van der Waals surface area contributed by atoms with Crippen molar-refractivity contribution in [1.29, 1.82) is 0 Å². The molecule has 23 aromatic rings. The number of benzene rings is 21. The van der Waals surface area contributed by atoms with E-state index in [1.807, 2.05) is 18.3 Å². The van der Waals surface area contributed by atoms with Gasteiger partial charge in [-0.15, -0.1) is 0 Å². The second kappa shape index (κ2) is 27.4. The van der Waals surface area contributed by atoms with Crippen LogP contribution in [-0.4, -0.2) is 4.98 Å². The molecule has 0 fully saturated rings. The summed E-state index contributed by atoms with van der Waals surface area (Å²) in [5.41, 5.74) is 21.5. The zero-order valence-electron chi connectivity index (χ0n) is 65.0. The Balaban J connectivity index is 0.000000140. The van der Waals surface area contributed by atoms with Crippen LogP contribution in [0, 0.1) is 0 Å². The molecule has 6 heteroatoms. The van der Waals surface area contributed by atoms with Gasteiger partial charge in [-0.1, -0.05) is 305 Å². The molecule has 0 radical (unpaired) electrons. The number of furan rings is 1. The van der Waals surface area contributed by atoms with Gasteiger partial charge in [-0.3, -0.25) is 4.90 Å². The largest absolute Gasteiger partial charge is 0.454 e. The van der Waals surface area contributed by atoms with Gasteiger partial charge in [0, 0.05) is 99.6 Å².